The highest BCUT2D eigenvalue weighted by molar-refractivity contribution is 7.22. The molecule has 0 spiro atoms. The Hall–Kier alpha value is -2.44. The number of rotatable bonds is 8. The number of carbonyl (C=O) groups excluding carboxylic acids is 1. The standard InChI is InChI=1S/C22H27N3O2S/c1-16-11-12-18(27-4)20-21(16)28-22(23-20)25(14-8-13-24(2)3)19(26)15-17-9-6-5-7-10-17/h5-7,9-12H,8,13-15H2,1-4H3. The summed E-state index contributed by atoms with van der Waals surface area (Å²) >= 11 is 1.56. The van der Waals surface area contributed by atoms with E-state index in [2.05, 4.69) is 11.8 Å². The van der Waals surface area contributed by atoms with Crippen molar-refractivity contribution in [2.45, 2.75) is 19.8 Å². The van der Waals surface area contributed by atoms with Crippen LogP contribution in [0.1, 0.15) is 17.5 Å². The minimum Gasteiger partial charge on any atom is -0.494 e. The first-order valence-corrected chi connectivity index (χ1v) is 10.2. The van der Waals surface area contributed by atoms with Crippen LogP contribution in [-0.4, -0.2) is 50.1 Å². The summed E-state index contributed by atoms with van der Waals surface area (Å²) < 4.78 is 6.55. The number of ether oxygens (including phenoxy) is 1. The van der Waals surface area contributed by atoms with Gasteiger partial charge in [-0.25, -0.2) is 4.98 Å². The number of nitrogens with zero attached hydrogens (tertiary/aromatic N) is 3. The van der Waals surface area contributed by atoms with Gasteiger partial charge in [0.05, 0.1) is 18.2 Å². The molecule has 28 heavy (non-hydrogen) atoms. The van der Waals surface area contributed by atoms with E-state index in [1.165, 1.54) is 0 Å². The van der Waals surface area contributed by atoms with Crippen molar-refractivity contribution in [1.82, 2.24) is 9.88 Å². The van der Waals surface area contributed by atoms with Crippen LogP contribution in [0.15, 0.2) is 42.5 Å². The number of fused-ring (bicyclic) bond motifs is 1. The van der Waals surface area contributed by atoms with Crippen LogP contribution in [0.5, 0.6) is 5.75 Å². The summed E-state index contributed by atoms with van der Waals surface area (Å²) in [4.78, 5) is 21.9. The molecule has 3 aromatic rings. The fraction of sp³-hybridized carbons (Fsp3) is 0.364. The van der Waals surface area contributed by atoms with Crippen molar-refractivity contribution < 1.29 is 9.53 Å². The van der Waals surface area contributed by atoms with Gasteiger partial charge in [0.1, 0.15) is 11.3 Å². The predicted molar refractivity (Wildman–Crippen MR) is 117 cm³/mol. The summed E-state index contributed by atoms with van der Waals surface area (Å²) in [6.07, 6.45) is 1.26. The maximum atomic E-state index is 13.2. The van der Waals surface area contributed by atoms with Crippen LogP contribution in [0.2, 0.25) is 0 Å². The van der Waals surface area contributed by atoms with Gasteiger partial charge >= 0.3 is 0 Å². The number of aryl methyl sites for hydroxylation is 1. The van der Waals surface area contributed by atoms with E-state index < -0.39 is 0 Å². The van der Waals surface area contributed by atoms with Gasteiger partial charge in [-0.05, 0) is 51.2 Å². The zero-order valence-corrected chi connectivity index (χ0v) is 17.8. The Morgan fingerprint density at radius 2 is 1.86 bits per heavy atom. The third-order valence-electron chi connectivity index (χ3n) is 4.63. The fourth-order valence-electron chi connectivity index (χ4n) is 3.12. The lowest BCUT2D eigenvalue weighted by Gasteiger charge is -2.21. The Balaban J connectivity index is 1.92. The largest absolute Gasteiger partial charge is 0.494 e. The molecule has 1 amide bonds. The minimum absolute atomic E-state index is 0.0700. The van der Waals surface area contributed by atoms with Crippen LogP contribution < -0.4 is 9.64 Å². The summed E-state index contributed by atoms with van der Waals surface area (Å²) in [6.45, 7) is 3.62. The number of benzene rings is 2. The quantitative estimate of drug-likeness (QED) is 0.573. The van der Waals surface area contributed by atoms with E-state index in [1.54, 1.807) is 18.4 Å². The molecule has 0 unspecified atom stereocenters. The van der Waals surface area contributed by atoms with E-state index in [-0.39, 0.29) is 5.91 Å². The van der Waals surface area contributed by atoms with Gasteiger partial charge in [-0.3, -0.25) is 9.69 Å². The monoisotopic (exact) mass is 397 g/mol. The average molecular weight is 398 g/mol. The average Bonchev–Trinajstić information content (AvgIpc) is 3.12. The van der Waals surface area contributed by atoms with Crippen molar-refractivity contribution in [2.75, 3.05) is 39.2 Å². The van der Waals surface area contributed by atoms with Gasteiger partial charge in [0.2, 0.25) is 5.91 Å². The fourth-order valence-corrected chi connectivity index (χ4v) is 4.21. The number of carbonyl (C=O) groups is 1. The maximum Gasteiger partial charge on any atom is 0.233 e. The predicted octanol–water partition coefficient (Wildman–Crippen LogP) is 4.14. The van der Waals surface area contributed by atoms with Crippen LogP contribution in [0.3, 0.4) is 0 Å². The van der Waals surface area contributed by atoms with Crippen LogP contribution >= 0.6 is 11.3 Å². The molecule has 2 aromatic carbocycles. The molecule has 0 aliphatic heterocycles. The molecular weight excluding hydrogens is 370 g/mol. The minimum atomic E-state index is 0.0700. The Morgan fingerprint density at radius 1 is 1.11 bits per heavy atom. The lowest BCUT2D eigenvalue weighted by atomic mass is 10.1. The van der Waals surface area contributed by atoms with Crippen molar-refractivity contribution in [3.63, 3.8) is 0 Å². The van der Waals surface area contributed by atoms with E-state index in [0.717, 1.165) is 45.2 Å². The lowest BCUT2D eigenvalue weighted by Crippen LogP contribution is -2.34. The highest BCUT2D eigenvalue weighted by Crippen LogP contribution is 2.36. The van der Waals surface area contributed by atoms with E-state index >= 15 is 0 Å². The molecule has 0 saturated heterocycles. The second kappa shape index (κ2) is 9.17. The first kappa shape index (κ1) is 20.3. The molecule has 1 heterocycles. The van der Waals surface area contributed by atoms with Crippen LogP contribution in [0.4, 0.5) is 5.13 Å². The van der Waals surface area contributed by atoms with Gasteiger partial charge in [-0.1, -0.05) is 47.7 Å². The molecule has 0 fully saturated rings. The molecule has 0 aliphatic carbocycles. The molecule has 0 N–H and O–H groups in total. The topological polar surface area (TPSA) is 45.7 Å². The summed E-state index contributed by atoms with van der Waals surface area (Å²) in [7, 11) is 5.74. The van der Waals surface area contributed by atoms with Crippen molar-refractivity contribution in [1.29, 1.82) is 0 Å². The molecule has 0 saturated carbocycles. The highest BCUT2D eigenvalue weighted by Gasteiger charge is 2.21. The van der Waals surface area contributed by atoms with Crippen LogP contribution in [0, 0.1) is 6.92 Å². The van der Waals surface area contributed by atoms with Gasteiger partial charge in [-0.2, -0.15) is 0 Å². The second-order valence-electron chi connectivity index (χ2n) is 7.12. The van der Waals surface area contributed by atoms with Crippen LogP contribution in [0.25, 0.3) is 10.2 Å². The van der Waals surface area contributed by atoms with E-state index in [4.69, 9.17) is 9.72 Å². The number of aromatic nitrogens is 1. The number of thiazole rings is 1. The molecule has 1 aromatic heterocycles. The first-order valence-electron chi connectivity index (χ1n) is 9.42. The zero-order chi connectivity index (χ0) is 20.1. The SMILES string of the molecule is COc1ccc(C)c2sc(N(CCCN(C)C)C(=O)Cc3ccccc3)nc12. The van der Waals surface area contributed by atoms with E-state index in [0.29, 0.717) is 13.0 Å². The van der Waals surface area contributed by atoms with Crippen LogP contribution in [-0.2, 0) is 11.2 Å². The van der Waals surface area contributed by atoms with Crippen molar-refractivity contribution >= 4 is 32.6 Å². The number of anilines is 1. The van der Waals surface area contributed by atoms with Gasteiger partial charge in [0.25, 0.3) is 0 Å². The van der Waals surface area contributed by atoms with Crippen molar-refractivity contribution in [2.24, 2.45) is 0 Å². The molecule has 0 atom stereocenters. The normalized spacial score (nSPS) is 11.2. The summed E-state index contributed by atoms with van der Waals surface area (Å²) in [5.74, 6) is 0.812. The maximum absolute atomic E-state index is 13.2. The molecule has 0 bridgehead atoms. The Bertz CT molecular complexity index is 938. The molecule has 5 nitrogen and oxygen atoms in total. The smallest absolute Gasteiger partial charge is 0.233 e. The molecule has 0 aliphatic rings. The lowest BCUT2D eigenvalue weighted by molar-refractivity contribution is -0.118. The molecular formula is C22H27N3O2S. The highest BCUT2D eigenvalue weighted by atomic mass is 32.1. The third kappa shape index (κ3) is 4.69. The molecule has 0 radical (unpaired) electrons. The Labute approximate surface area is 170 Å². The van der Waals surface area contributed by atoms with Gasteiger partial charge in [0.15, 0.2) is 5.13 Å². The zero-order valence-electron chi connectivity index (χ0n) is 16.9. The number of amides is 1. The summed E-state index contributed by atoms with van der Waals surface area (Å²) in [5.41, 5.74) is 2.98. The second-order valence-corrected chi connectivity index (χ2v) is 8.10. The summed E-state index contributed by atoms with van der Waals surface area (Å²) in [5, 5.41) is 0.738. The number of hydrogen-bond acceptors (Lipinski definition) is 5. The Kier molecular flexibility index (Phi) is 6.65. The molecule has 3 rings (SSSR count). The number of methoxy groups -OCH3 is 1. The van der Waals surface area contributed by atoms with E-state index in [1.807, 2.05) is 61.5 Å². The molecule has 6 heteroatoms. The van der Waals surface area contributed by atoms with Gasteiger partial charge in [-0.15, -0.1) is 0 Å². The Morgan fingerprint density at radius 3 is 2.54 bits per heavy atom. The summed E-state index contributed by atoms with van der Waals surface area (Å²) in [6, 6.07) is 13.8. The molecule has 148 valence electrons. The van der Waals surface area contributed by atoms with Crippen molar-refractivity contribution in [3.05, 3.63) is 53.6 Å². The van der Waals surface area contributed by atoms with Crippen molar-refractivity contribution in [3.8, 4) is 5.75 Å². The van der Waals surface area contributed by atoms with E-state index in [9.17, 15) is 4.79 Å². The van der Waals surface area contributed by atoms with Gasteiger partial charge in [0, 0.05) is 6.54 Å². The van der Waals surface area contributed by atoms with Gasteiger partial charge < -0.3 is 9.64 Å². The third-order valence-corrected chi connectivity index (χ3v) is 5.84. The number of hydrogen-bond donors (Lipinski definition) is 0. The first-order chi connectivity index (χ1) is 13.5.